The van der Waals surface area contributed by atoms with E-state index in [0.717, 1.165) is 19.4 Å². The topological polar surface area (TPSA) is 85.3 Å². The number of carboxylic acids is 1. The minimum absolute atomic E-state index is 0.0541. The van der Waals surface area contributed by atoms with Crippen LogP contribution in [0.2, 0.25) is 0 Å². The summed E-state index contributed by atoms with van der Waals surface area (Å²) in [5.74, 6) is 0.0754. The summed E-state index contributed by atoms with van der Waals surface area (Å²) in [6.45, 7) is 3.88. The molecule has 1 aliphatic rings. The zero-order valence-electron chi connectivity index (χ0n) is 14.7. The van der Waals surface area contributed by atoms with Crippen LogP contribution in [-0.4, -0.2) is 61.9 Å². The number of piperidine rings is 1. The molecule has 1 aromatic carbocycles. The molecule has 0 saturated carbocycles. The summed E-state index contributed by atoms with van der Waals surface area (Å²) in [6.07, 6.45) is 1.86. The van der Waals surface area contributed by atoms with Crippen molar-refractivity contribution in [3.63, 3.8) is 0 Å². The first-order valence-corrected chi connectivity index (χ1v) is 8.44. The molecule has 25 heavy (non-hydrogen) atoms. The van der Waals surface area contributed by atoms with E-state index in [2.05, 4.69) is 0 Å². The predicted molar refractivity (Wildman–Crippen MR) is 91.2 cm³/mol. The molecule has 1 aromatic rings. The fourth-order valence-electron chi connectivity index (χ4n) is 2.89. The zero-order valence-corrected chi connectivity index (χ0v) is 14.7. The summed E-state index contributed by atoms with van der Waals surface area (Å²) in [5, 5.41) is 8.73. The van der Waals surface area contributed by atoms with Crippen LogP contribution in [0.25, 0.3) is 0 Å². The molecule has 0 unspecified atom stereocenters. The maximum Gasteiger partial charge on any atom is 0.341 e. The number of rotatable bonds is 8. The van der Waals surface area contributed by atoms with Gasteiger partial charge in [0, 0.05) is 32.4 Å². The van der Waals surface area contributed by atoms with Gasteiger partial charge in [0.05, 0.1) is 6.61 Å². The second-order valence-electron chi connectivity index (χ2n) is 5.97. The molecule has 1 saturated heterocycles. The summed E-state index contributed by atoms with van der Waals surface area (Å²) in [5.41, 5.74) is 0.510. The minimum atomic E-state index is -1.07. The third kappa shape index (κ3) is 5.35. The van der Waals surface area contributed by atoms with Crippen LogP contribution in [0, 0.1) is 5.92 Å². The lowest BCUT2D eigenvalue weighted by molar-refractivity contribution is -0.139. The highest BCUT2D eigenvalue weighted by Crippen LogP contribution is 2.29. The Kier molecular flexibility index (Phi) is 7.06. The smallest absolute Gasteiger partial charge is 0.341 e. The largest absolute Gasteiger partial charge is 0.490 e. The predicted octanol–water partition coefficient (Wildman–Crippen LogP) is 2.05. The lowest BCUT2D eigenvalue weighted by Gasteiger charge is -2.31. The van der Waals surface area contributed by atoms with Gasteiger partial charge in [-0.15, -0.1) is 0 Å². The van der Waals surface area contributed by atoms with Gasteiger partial charge < -0.3 is 24.2 Å². The molecule has 0 bridgehead atoms. The second-order valence-corrected chi connectivity index (χ2v) is 5.97. The van der Waals surface area contributed by atoms with Crippen molar-refractivity contribution in [3.05, 3.63) is 23.8 Å². The van der Waals surface area contributed by atoms with Crippen LogP contribution < -0.4 is 9.47 Å². The van der Waals surface area contributed by atoms with Crippen molar-refractivity contribution in [2.45, 2.75) is 19.8 Å². The van der Waals surface area contributed by atoms with Crippen molar-refractivity contribution in [1.82, 2.24) is 4.90 Å². The zero-order chi connectivity index (χ0) is 18.2. The van der Waals surface area contributed by atoms with Crippen LogP contribution in [-0.2, 0) is 9.53 Å². The summed E-state index contributed by atoms with van der Waals surface area (Å²) in [4.78, 5) is 25.2. The molecule has 1 amide bonds. The molecule has 1 N–H and O–H groups in total. The molecule has 7 heteroatoms. The van der Waals surface area contributed by atoms with Crippen LogP contribution >= 0.6 is 0 Å². The van der Waals surface area contributed by atoms with Crippen LogP contribution in [0.4, 0.5) is 0 Å². The number of benzene rings is 1. The number of hydrogen-bond donors (Lipinski definition) is 1. The average Bonchev–Trinajstić information content (AvgIpc) is 2.61. The monoisotopic (exact) mass is 351 g/mol. The number of carboxylic acid groups (broad SMARTS) is 1. The van der Waals surface area contributed by atoms with Crippen molar-refractivity contribution in [2.24, 2.45) is 5.92 Å². The molecule has 138 valence electrons. The number of likely N-dealkylation sites (tertiary alicyclic amines) is 1. The van der Waals surface area contributed by atoms with Gasteiger partial charge in [0.15, 0.2) is 18.1 Å². The van der Waals surface area contributed by atoms with E-state index in [-0.39, 0.29) is 5.91 Å². The second kappa shape index (κ2) is 9.27. The van der Waals surface area contributed by atoms with Crippen LogP contribution in [0.15, 0.2) is 18.2 Å². The fraction of sp³-hybridized carbons (Fsp3) is 0.556. The Morgan fingerprint density at radius 3 is 2.52 bits per heavy atom. The lowest BCUT2D eigenvalue weighted by Crippen LogP contribution is -2.39. The Labute approximate surface area is 147 Å². The summed E-state index contributed by atoms with van der Waals surface area (Å²) in [7, 11) is 1.70. The van der Waals surface area contributed by atoms with Crippen molar-refractivity contribution < 1.29 is 28.9 Å². The van der Waals surface area contributed by atoms with Gasteiger partial charge in [-0.25, -0.2) is 4.79 Å². The quantitative estimate of drug-likeness (QED) is 0.771. The highest BCUT2D eigenvalue weighted by molar-refractivity contribution is 5.95. The maximum atomic E-state index is 12.7. The first-order chi connectivity index (χ1) is 12.0. The van der Waals surface area contributed by atoms with E-state index in [1.165, 1.54) is 0 Å². The molecule has 1 aliphatic heterocycles. The van der Waals surface area contributed by atoms with E-state index in [1.807, 2.05) is 11.8 Å². The molecule has 1 fully saturated rings. The number of amides is 1. The molecular weight excluding hydrogens is 326 g/mol. The van der Waals surface area contributed by atoms with E-state index >= 15 is 0 Å². The first-order valence-electron chi connectivity index (χ1n) is 8.44. The maximum absolute atomic E-state index is 12.7. The van der Waals surface area contributed by atoms with Crippen molar-refractivity contribution in [1.29, 1.82) is 0 Å². The number of aliphatic carboxylic acids is 1. The van der Waals surface area contributed by atoms with Gasteiger partial charge in [0.25, 0.3) is 5.91 Å². The van der Waals surface area contributed by atoms with E-state index in [4.69, 9.17) is 19.3 Å². The van der Waals surface area contributed by atoms with Gasteiger partial charge in [-0.05, 0) is 43.9 Å². The minimum Gasteiger partial charge on any atom is -0.490 e. The number of ether oxygens (including phenoxy) is 3. The Bertz CT molecular complexity index is 595. The average molecular weight is 351 g/mol. The number of methoxy groups -OCH3 is 1. The van der Waals surface area contributed by atoms with Crippen LogP contribution in [0.1, 0.15) is 30.1 Å². The van der Waals surface area contributed by atoms with Crippen molar-refractivity contribution in [3.8, 4) is 11.5 Å². The Balaban J connectivity index is 2.06. The molecular formula is C18H25NO6. The van der Waals surface area contributed by atoms with E-state index < -0.39 is 12.6 Å². The Morgan fingerprint density at radius 1 is 1.20 bits per heavy atom. The van der Waals surface area contributed by atoms with Crippen LogP contribution in [0.5, 0.6) is 11.5 Å². The molecule has 0 atom stereocenters. The molecule has 7 nitrogen and oxygen atoms in total. The van der Waals surface area contributed by atoms with E-state index in [1.54, 1.807) is 25.3 Å². The van der Waals surface area contributed by atoms with Crippen LogP contribution in [0.3, 0.4) is 0 Å². The Hall–Kier alpha value is -2.28. The standard InChI is InChI=1S/C18H25NO6/c1-3-24-16-10-14(4-5-15(16)25-12-17(20)21)18(22)19-8-6-13(7-9-19)11-23-2/h4-5,10,13H,3,6-9,11-12H2,1-2H3,(H,20,21). The van der Waals surface area contributed by atoms with E-state index in [0.29, 0.717) is 42.7 Å². The third-order valence-corrected chi connectivity index (χ3v) is 4.15. The van der Waals surface area contributed by atoms with E-state index in [9.17, 15) is 9.59 Å². The number of nitrogens with zero attached hydrogens (tertiary/aromatic N) is 1. The molecule has 0 aromatic heterocycles. The third-order valence-electron chi connectivity index (χ3n) is 4.15. The molecule has 0 radical (unpaired) electrons. The van der Waals surface area contributed by atoms with Gasteiger partial charge in [-0.1, -0.05) is 0 Å². The number of hydrogen-bond acceptors (Lipinski definition) is 5. The SMILES string of the molecule is CCOc1cc(C(=O)N2CCC(COC)CC2)ccc1OCC(=O)O. The highest BCUT2D eigenvalue weighted by atomic mass is 16.5. The lowest BCUT2D eigenvalue weighted by atomic mass is 9.97. The molecule has 0 aliphatic carbocycles. The molecule has 0 spiro atoms. The molecule has 2 rings (SSSR count). The summed E-state index contributed by atoms with van der Waals surface area (Å²) >= 11 is 0. The Morgan fingerprint density at radius 2 is 1.92 bits per heavy atom. The number of carbonyl (C=O) groups excluding carboxylic acids is 1. The van der Waals surface area contributed by atoms with Crippen molar-refractivity contribution in [2.75, 3.05) is 40.0 Å². The first kappa shape index (κ1) is 19.1. The molecule has 1 heterocycles. The summed E-state index contributed by atoms with van der Waals surface area (Å²) < 4.78 is 15.9. The summed E-state index contributed by atoms with van der Waals surface area (Å²) in [6, 6.07) is 4.84. The van der Waals surface area contributed by atoms with Gasteiger partial charge in [-0.2, -0.15) is 0 Å². The van der Waals surface area contributed by atoms with Gasteiger partial charge in [0.1, 0.15) is 0 Å². The normalized spacial score (nSPS) is 15.0. The van der Waals surface area contributed by atoms with Gasteiger partial charge in [-0.3, -0.25) is 4.79 Å². The van der Waals surface area contributed by atoms with Gasteiger partial charge in [0.2, 0.25) is 0 Å². The highest BCUT2D eigenvalue weighted by Gasteiger charge is 2.24. The van der Waals surface area contributed by atoms with Gasteiger partial charge >= 0.3 is 5.97 Å². The van der Waals surface area contributed by atoms with Crippen molar-refractivity contribution >= 4 is 11.9 Å². The fourth-order valence-corrected chi connectivity index (χ4v) is 2.89. The number of carbonyl (C=O) groups is 2.